The Bertz CT molecular complexity index is 1180. The number of nitriles is 1. The number of para-hydroxylation sites is 1. The van der Waals surface area contributed by atoms with Gasteiger partial charge in [-0.05, 0) is 23.8 Å². The van der Waals surface area contributed by atoms with Gasteiger partial charge in [0.1, 0.15) is 11.6 Å². The lowest BCUT2D eigenvalue weighted by Gasteiger charge is -2.07. The molecule has 3 aromatic rings. The van der Waals surface area contributed by atoms with Crippen LogP contribution in [-0.4, -0.2) is 27.2 Å². The first kappa shape index (κ1) is 23.6. The molecule has 2 aromatic carbocycles. The SMILES string of the molecule is N#C/C(=C1/Nc2ccccc2S1)c1ccnc(NCc2ccccc2)n1.O=C(O)C(F)(F)F. The molecule has 0 amide bonds. The van der Waals surface area contributed by atoms with Crippen molar-refractivity contribution in [1.29, 1.82) is 5.26 Å². The van der Waals surface area contributed by atoms with Gasteiger partial charge in [0.25, 0.3) is 0 Å². The summed E-state index contributed by atoms with van der Waals surface area (Å²) >= 11 is 1.54. The molecule has 0 atom stereocenters. The molecule has 168 valence electrons. The lowest BCUT2D eigenvalue weighted by molar-refractivity contribution is -0.192. The Morgan fingerprint density at radius 3 is 2.42 bits per heavy atom. The summed E-state index contributed by atoms with van der Waals surface area (Å²) in [6.45, 7) is 0.626. The van der Waals surface area contributed by atoms with Crippen molar-refractivity contribution in [3.05, 3.63) is 83.1 Å². The molecule has 0 aliphatic carbocycles. The zero-order valence-electron chi connectivity index (χ0n) is 16.8. The van der Waals surface area contributed by atoms with Crippen LogP contribution in [-0.2, 0) is 11.3 Å². The van der Waals surface area contributed by atoms with E-state index in [1.807, 2.05) is 54.6 Å². The molecule has 1 aliphatic rings. The average molecular weight is 471 g/mol. The average Bonchev–Trinajstić information content (AvgIpc) is 3.23. The zero-order valence-corrected chi connectivity index (χ0v) is 17.6. The summed E-state index contributed by atoms with van der Waals surface area (Å²) < 4.78 is 31.7. The van der Waals surface area contributed by atoms with Gasteiger partial charge in [0.15, 0.2) is 0 Å². The third-order valence-corrected chi connectivity index (χ3v) is 5.22. The van der Waals surface area contributed by atoms with E-state index in [0.717, 1.165) is 21.2 Å². The molecule has 4 rings (SSSR count). The van der Waals surface area contributed by atoms with Gasteiger partial charge in [0.05, 0.1) is 16.4 Å². The Balaban J connectivity index is 0.000000383. The smallest absolute Gasteiger partial charge is 0.475 e. The first-order valence-electron chi connectivity index (χ1n) is 9.37. The van der Waals surface area contributed by atoms with Crippen molar-refractivity contribution < 1.29 is 23.1 Å². The minimum Gasteiger partial charge on any atom is -0.475 e. The maximum absolute atomic E-state index is 10.6. The van der Waals surface area contributed by atoms with E-state index < -0.39 is 12.1 Å². The predicted octanol–water partition coefficient (Wildman–Crippen LogP) is 5.13. The summed E-state index contributed by atoms with van der Waals surface area (Å²) in [6.07, 6.45) is -3.42. The summed E-state index contributed by atoms with van der Waals surface area (Å²) in [5.41, 5.74) is 3.26. The van der Waals surface area contributed by atoms with Gasteiger partial charge in [-0.2, -0.15) is 18.4 Å². The standard InChI is InChI=1S/C20H15N5S.C2HF3O2/c21-12-15(19-24-17-8-4-5-9-18(17)26-19)16-10-11-22-20(25-16)23-13-14-6-2-1-3-7-14;3-2(4,5)1(6)7/h1-11,24H,13H2,(H,22,23,25);(H,6,7)/b19-15+;. The van der Waals surface area contributed by atoms with Crippen LogP contribution < -0.4 is 10.6 Å². The van der Waals surface area contributed by atoms with E-state index in [4.69, 9.17) is 9.90 Å². The van der Waals surface area contributed by atoms with Crippen molar-refractivity contribution in [2.24, 2.45) is 0 Å². The number of halogens is 3. The first-order valence-corrected chi connectivity index (χ1v) is 10.2. The number of carboxylic acids is 1. The number of alkyl halides is 3. The third kappa shape index (κ3) is 6.47. The van der Waals surface area contributed by atoms with Crippen LogP contribution in [0.2, 0.25) is 0 Å². The molecule has 0 spiro atoms. The molecule has 1 aliphatic heterocycles. The van der Waals surface area contributed by atoms with Gasteiger partial charge in [-0.3, -0.25) is 0 Å². The number of anilines is 2. The van der Waals surface area contributed by atoms with E-state index in [1.165, 1.54) is 0 Å². The predicted molar refractivity (Wildman–Crippen MR) is 118 cm³/mol. The van der Waals surface area contributed by atoms with Gasteiger partial charge < -0.3 is 15.7 Å². The topological polar surface area (TPSA) is 111 Å². The zero-order chi connectivity index (χ0) is 23.8. The summed E-state index contributed by atoms with van der Waals surface area (Å²) in [6, 6.07) is 22.1. The normalized spacial score (nSPS) is 13.5. The monoisotopic (exact) mass is 471 g/mol. The van der Waals surface area contributed by atoms with Gasteiger partial charge in [0, 0.05) is 17.6 Å². The molecule has 0 unspecified atom stereocenters. The number of allylic oxidation sites excluding steroid dienone is 1. The highest BCUT2D eigenvalue weighted by atomic mass is 32.2. The van der Waals surface area contributed by atoms with Crippen LogP contribution in [0.3, 0.4) is 0 Å². The highest BCUT2D eigenvalue weighted by Gasteiger charge is 2.38. The molecule has 11 heteroatoms. The number of rotatable bonds is 4. The molecule has 0 fully saturated rings. The summed E-state index contributed by atoms with van der Waals surface area (Å²) in [5.74, 6) is -2.26. The second-order valence-electron chi connectivity index (χ2n) is 6.45. The largest absolute Gasteiger partial charge is 0.490 e. The van der Waals surface area contributed by atoms with Crippen LogP contribution in [0.15, 0.2) is 76.8 Å². The fraction of sp³-hybridized carbons (Fsp3) is 0.0909. The fourth-order valence-electron chi connectivity index (χ4n) is 2.61. The maximum atomic E-state index is 10.6. The second kappa shape index (κ2) is 10.5. The number of nitrogens with one attached hydrogen (secondary N) is 2. The number of hydrogen-bond acceptors (Lipinski definition) is 7. The van der Waals surface area contributed by atoms with E-state index in [9.17, 15) is 18.4 Å². The van der Waals surface area contributed by atoms with Gasteiger partial charge in [-0.1, -0.05) is 54.2 Å². The van der Waals surface area contributed by atoms with Crippen molar-refractivity contribution in [2.75, 3.05) is 10.6 Å². The Morgan fingerprint density at radius 1 is 1.12 bits per heavy atom. The molecule has 3 N–H and O–H groups in total. The molecule has 1 aromatic heterocycles. The van der Waals surface area contributed by atoms with Crippen LogP contribution in [0.4, 0.5) is 24.8 Å². The lowest BCUT2D eigenvalue weighted by Crippen LogP contribution is -2.21. The number of aromatic nitrogens is 2. The minimum atomic E-state index is -5.08. The van der Waals surface area contributed by atoms with E-state index in [2.05, 4.69) is 26.7 Å². The van der Waals surface area contributed by atoms with Crippen LogP contribution in [0, 0.1) is 11.3 Å². The van der Waals surface area contributed by atoms with E-state index in [-0.39, 0.29) is 0 Å². The molecule has 0 radical (unpaired) electrons. The van der Waals surface area contributed by atoms with Crippen LogP contribution in [0.1, 0.15) is 11.3 Å². The molecular formula is C22H16F3N5O2S. The molecule has 0 bridgehead atoms. The number of hydrogen-bond donors (Lipinski definition) is 3. The number of aliphatic carboxylic acids is 1. The van der Waals surface area contributed by atoms with Gasteiger partial charge >= 0.3 is 12.1 Å². The van der Waals surface area contributed by atoms with Gasteiger partial charge in [-0.15, -0.1) is 0 Å². The number of nitrogens with zero attached hydrogens (tertiary/aromatic N) is 3. The summed E-state index contributed by atoms with van der Waals surface area (Å²) in [5, 5.41) is 24.1. The first-order chi connectivity index (χ1) is 15.8. The summed E-state index contributed by atoms with van der Waals surface area (Å²) in [4.78, 5) is 18.8. The van der Waals surface area contributed by atoms with E-state index in [0.29, 0.717) is 23.8 Å². The van der Waals surface area contributed by atoms with Crippen molar-refractivity contribution in [3.8, 4) is 6.07 Å². The van der Waals surface area contributed by atoms with Crippen LogP contribution in [0.25, 0.3) is 5.57 Å². The quantitative estimate of drug-likeness (QED) is 0.449. The van der Waals surface area contributed by atoms with Crippen molar-refractivity contribution in [3.63, 3.8) is 0 Å². The maximum Gasteiger partial charge on any atom is 0.490 e. The number of thioether (sulfide) groups is 1. The van der Waals surface area contributed by atoms with Gasteiger partial charge in [0.2, 0.25) is 5.95 Å². The second-order valence-corrected chi connectivity index (χ2v) is 7.50. The van der Waals surface area contributed by atoms with Gasteiger partial charge in [-0.25, -0.2) is 14.8 Å². The van der Waals surface area contributed by atoms with Crippen molar-refractivity contribution in [1.82, 2.24) is 9.97 Å². The highest BCUT2D eigenvalue weighted by Crippen LogP contribution is 2.43. The third-order valence-electron chi connectivity index (χ3n) is 4.13. The highest BCUT2D eigenvalue weighted by molar-refractivity contribution is 8.04. The number of benzene rings is 2. The number of carbonyl (C=O) groups is 1. The Hall–Kier alpha value is -4.04. The molecule has 0 saturated carbocycles. The van der Waals surface area contributed by atoms with Crippen LogP contribution in [0.5, 0.6) is 0 Å². The van der Waals surface area contributed by atoms with Crippen LogP contribution >= 0.6 is 11.8 Å². The van der Waals surface area contributed by atoms with Crippen molar-refractivity contribution in [2.45, 2.75) is 17.6 Å². The number of carboxylic acid groups (broad SMARTS) is 1. The molecular weight excluding hydrogens is 455 g/mol. The molecule has 7 nitrogen and oxygen atoms in total. The fourth-order valence-corrected chi connectivity index (χ4v) is 3.62. The minimum absolute atomic E-state index is 0.500. The molecule has 0 saturated heterocycles. The lowest BCUT2D eigenvalue weighted by atomic mass is 10.2. The Morgan fingerprint density at radius 2 is 1.79 bits per heavy atom. The number of fused-ring (bicyclic) bond motifs is 1. The molecule has 33 heavy (non-hydrogen) atoms. The Labute approximate surface area is 191 Å². The Kier molecular flexibility index (Phi) is 7.53. The van der Waals surface area contributed by atoms with E-state index >= 15 is 0 Å². The molecule has 2 heterocycles. The van der Waals surface area contributed by atoms with E-state index in [1.54, 1.807) is 24.0 Å². The summed E-state index contributed by atoms with van der Waals surface area (Å²) in [7, 11) is 0. The van der Waals surface area contributed by atoms with Crippen molar-refractivity contribution >= 4 is 34.9 Å².